The third kappa shape index (κ3) is 4.05. The molecule has 152 valence electrons. The Balaban J connectivity index is 1.74. The summed E-state index contributed by atoms with van der Waals surface area (Å²) < 4.78 is 7.13. The lowest BCUT2D eigenvalue weighted by molar-refractivity contribution is -0.117. The van der Waals surface area contributed by atoms with Crippen molar-refractivity contribution in [3.05, 3.63) is 68.9 Å². The standard InChI is InChI=1S/C21H17ClN4O3S/c1-12-23-19-20(30-12)18(13-4-3-5-16(10-13)29-2)25-26(21(19)28)11-17(27)24-15-8-6-14(22)7-9-15/h3-10H,11H2,1-2H3,(H,24,27). The minimum Gasteiger partial charge on any atom is -0.497 e. The van der Waals surface area contributed by atoms with Crippen molar-refractivity contribution in [2.75, 3.05) is 12.4 Å². The number of carbonyl (C=O) groups is 1. The molecular formula is C21H17ClN4O3S. The van der Waals surface area contributed by atoms with Crippen molar-refractivity contribution < 1.29 is 9.53 Å². The van der Waals surface area contributed by atoms with Crippen molar-refractivity contribution in [2.24, 2.45) is 0 Å². The molecule has 4 rings (SSSR count). The van der Waals surface area contributed by atoms with E-state index in [0.29, 0.717) is 32.4 Å². The number of methoxy groups -OCH3 is 1. The molecule has 0 fully saturated rings. The molecule has 0 atom stereocenters. The molecule has 0 aliphatic rings. The molecule has 0 unspecified atom stereocenters. The van der Waals surface area contributed by atoms with Crippen LogP contribution in [0.4, 0.5) is 5.69 Å². The number of hydrogen-bond donors (Lipinski definition) is 1. The van der Waals surface area contributed by atoms with Crippen LogP contribution in [0.5, 0.6) is 5.75 Å². The van der Waals surface area contributed by atoms with Crippen molar-refractivity contribution in [3.8, 4) is 17.0 Å². The van der Waals surface area contributed by atoms with E-state index < -0.39 is 5.56 Å². The average molecular weight is 441 g/mol. The highest BCUT2D eigenvalue weighted by atomic mass is 35.5. The first-order chi connectivity index (χ1) is 14.4. The molecule has 0 aliphatic carbocycles. The van der Waals surface area contributed by atoms with Crippen LogP contribution < -0.4 is 15.6 Å². The van der Waals surface area contributed by atoms with E-state index in [1.807, 2.05) is 31.2 Å². The molecule has 1 amide bonds. The lowest BCUT2D eigenvalue weighted by atomic mass is 10.1. The van der Waals surface area contributed by atoms with Crippen molar-refractivity contribution >= 4 is 44.7 Å². The number of amides is 1. The van der Waals surface area contributed by atoms with Gasteiger partial charge in [-0.05, 0) is 43.3 Å². The van der Waals surface area contributed by atoms with Crippen LogP contribution in [0, 0.1) is 6.92 Å². The quantitative estimate of drug-likeness (QED) is 0.504. The fraction of sp³-hybridized carbons (Fsp3) is 0.143. The van der Waals surface area contributed by atoms with Crippen LogP contribution in [0.2, 0.25) is 5.02 Å². The summed E-state index contributed by atoms with van der Waals surface area (Å²) in [5.41, 5.74) is 1.82. The number of hydrogen-bond acceptors (Lipinski definition) is 6. The Morgan fingerprint density at radius 3 is 2.73 bits per heavy atom. The van der Waals surface area contributed by atoms with E-state index in [-0.39, 0.29) is 12.5 Å². The minimum atomic E-state index is -0.410. The highest BCUT2D eigenvalue weighted by Crippen LogP contribution is 2.31. The van der Waals surface area contributed by atoms with E-state index >= 15 is 0 Å². The van der Waals surface area contributed by atoms with Gasteiger partial charge in [0.1, 0.15) is 18.0 Å². The monoisotopic (exact) mass is 440 g/mol. The SMILES string of the molecule is COc1cccc(-c2nn(CC(=O)Nc3ccc(Cl)cc3)c(=O)c3nc(C)sc23)c1. The maximum Gasteiger partial charge on any atom is 0.294 e. The predicted molar refractivity (Wildman–Crippen MR) is 118 cm³/mol. The van der Waals surface area contributed by atoms with Crippen molar-refractivity contribution in [3.63, 3.8) is 0 Å². The first-order valence-corrected chi connectivity index (χ1v) is 10.2. The van der Waals surface area contributed by atoms with Gasteiger partial charge in [0.15, 0.2) is 5.52 Å². The van der Waals surface area contributed by atoms with Crippen molar-refractivity contribution in [1.29, 1.82) is 0 Å². The lowest BCUT2D eigenvalue weighted by Gasteiger charge is -2.10. The van der Waals surface area contributed by atoms with E-state index in [1.54, 1.807) is 31.4 Å². The molecule has 30 heavy (non-hydrogen) atoms. The maximum absolute atomic E-state index is 12.9. The van der Waals surface area contributed by atoms with Crippen LogP contribution in [-0.2, 0) is 11.3 Å². The summed E-state index contributed by atoms with van der Waals surface area (Å²) in [5.74, 6) is 0.289. The summed E-state index contributed by atoms with van der Waals surface area (Å²) in [7, 11) is 1.58. The third-order valence-electron chi connectivity index (χ3n) is 4.37. The molecular weight excluding hydrogens is 424 g/mol. The number of aryl methyl sites for hydroxylation is 1. The van der Waals surface area contributed by atoms with Gasteiger partial charge in [0.05, 0.1) is 16.8 Å². The summed E-state index contributed by atoms with van der Waals surface area (Å²) in [6, 6.07) is 14.1. The van der Waals surface area contributed by atoms with Crippen molar-refractivity contribution in [1.82, 2.24) is 14.8 Å². The van der Waals surface area contributed by atoms with Crippen LogP contribution in [0.15, 0.2) is 53.3 Å². The second-order valence-corrected chi connectivity index (χ2v) is 8.15. The van der Waals surface area contributed by atoms with Gasteiger partial charge in [0, 0.05) is 16.3 Å². The molecule has 0 bridgehead atoms. The zero-order chi connectivity index (χ0) is 21.3. The Morgan fingerprint density at radius 1 is 1.23 bits per heavy atom. The molecule has 1 N–H and O–H groups in total. The molecule has 9 heteroatoms. The third-order valence-corrected chi connectivity index (χ3v) is 5.60. The molecule has 2 aromatic carbocycles. The fourth-order valence-electron chi connectivity index (χ4n) is 3.00. The second kappa shape index (κ2) is 8.25. The average Bonchev–Trinajstić information content (AvgIpc) is 3.13. The zero-order valence-corrected chi connectivity index (χ0v) is 17.8. The summed E-state index contributed by atoms with van der Waals surface area (Å²) in [4.78, 5) is 29.8. The number of nitrogens with zero attached hydrogens (tertiary/aromatic N) is 3. The predicted octanol–water partition coefficient (Wildman–Crippen LogP) is 4.13. The lowest BCUT2D eigenvalue weighted by Crippen LogP contribution is -2.30. The smallest absolute Gasteiger partial charge is 0.294 e. The van der Waals surface area contributed by atoms with E-state index in [4.69, 9.17) is 16.3 Å². The van der Waals surface area contributed by atoms with Crippen LogP contribution in [-0.4, -0.2) is 27.8 Å². The van der Waals surface area contributed by atoms with Crippen molar-refractivity contribution in [2.45, 2.75) is 13.5 Å². The first-order valence-electron chi connectivity index (χ1n) is 9.02. The largest absolute Gasteiger partial charge is 0.497 e. The number of ether oxygens (including phenoxy) is 1. The van der Waals surface area contributed by atoms with Gasteiger partial charge in [-0.1, -0.05) is 23.7 Å². The van der Waals surface area contributed by atoms with Crippen LogP contribution >= 0.6 is 22.9 Å². The van der Waals surface area contributed by atoms with Gasteiger partial charge >= 0.3 is 0 Å². The molecule has 4 aromatic rings. The highest BCUT2D eigenvalue weighted by Gasteiger charge is 2.18. The Labute approximate surface area is 180 Å². The molecule has 0 radical (unpaired) electrons. The van der Waals surface area contributed by atoms with Gasteiger partial charge in [0.2, 0.25) is 5.91 Å². The molecule has 0 aliphatic heterocycles. The van der Waals surface area contributed by atoms with Gasteiger partial charge in [-0.25, -0.2) is 9.67 Å². The van der Waals surface area contributed by atoms with Gasteiger partial charge < -0.3 is 10.1 Å². The zero-order valence-electron chi connectivity index (χ0n) is 16.2. The number of fused-ring (bicyclic) bond motifs is 1. The molecule has 2 aromatic heterocycles. The number of rotatable bonds is 5. The number of thiazole rings is 1. The Hall–Kier alpha value is -3.23. The summed E-state index contributed by atoms with van der Waals surface area (Å²) in [6.45, 7) is 1.59. The number of aromatic nitrogens is 3. The van der Waals surface area contributed by atoms with E-state index in [2.05, 4.69) is 15.4 Å². The highest BCUT2D eigenvalue weighted by molar-refractivity contribution is 7.19. The van der Waals surface area contributed by atoms with E-state index in [0.717, 1.165) is 15.3 Å². The van der Waals surface area contributed by atoms with Crippen LogP contribution in [0.3, 0.4) is 0 Å². The summed E-state index contributed by atoms with van der Waals surface area (Å²) >= 11 is 7.26. The van der Waals surface area contributed by atoms with Gasteiger partial charge in [-0.15, -0.1) is 11.3 Å². The number of benzene rings is 2. The summed E-state index contributed by atoms with van der Waals surface area (Å²) in [6.07, 6.45) is 0. The topological polar surface area (TPSA) is 86.1 Å². The van der Waals surface area contributed by atoms with E-state index in [1.165, 1.54) is 11.3 Å². The maximum atomic E-state index is 12.9. The van der Waals surface area contributed by atoms with Crippen LogP contribution in [0.1, 0.15) is 5.01 Å². The Bertz CT molecular complexity index is 1300. The Kier molecular flexibility index (Phi) is 5.52. The number of carbonyl (C=O) groups excluding carboxylic acids is 1. The molecule has 7 nitrogen and oxygen atoms in total. The normalized spacial score (nSPS) is 10.9. The molecule has 2 heterocycles. The molecule has 0 spiro atoms. The first kappa shape index (κ1) is 20.1. The van der Waals surface area contributed by atoms with Gasteiger partial charge in [-0.2, -0.15) is 5.10 Å². The number of nitrogens with one attached hydrogen (secondary N) is 1. The number of anilines is 1. The minimum absolute atomic E-state index is 0.245. The fourth-order valence-corrected chi connectivity index (χ4v) is 4.05. The number of halogens is 1. The second-order valence-electron chi connectivity index (χ2n) is 6.51. The molecule has 0 saturated heterocycles. The Morgan fingerprint density at radius 2 is 2.00 bits per heavy atom. The van der Waals surface area contributed by atoms with Crippen LogP contribution in [0.25, 0.3) is 21.5 Å². The van der Waals surface area contributed by atoms with Gasteiger partial charge in [0.25, 0.3) is 5.56 Å². The van der Waals surface area contributed by atoms with E-state index in [9.17, 15) is 9.59 Å². The molecule has 0 saturated carbocycles. The summed E-state index contributed by atoms with van der Waals surface area (Å²) in [5, 5.41) is 8.55. The van der Waals surface area contributed by atoms with Gasteiger partial charge in [-0.3, -0.25) is 9.59 Å².